The second-order valence-corrected chi connectivity index (χ2v) is 14.7. The molecule has 3 aromatic carbocycles. The second-order valence-electron chi connectivity index (χ2n) is 14.7. The molecule has 0 aromatic heterocycles. The van der Waals surface area contributed by atoms with Gasteiger partial charge in [0.25, 0.3) is 0 Å². The molecule has 3 aromatic rings. The Labute approximate surface area is 331 Å². The van der Waals surface area contributed by atoms with Gasteiger partial charge in [0, 0.05) is 57.4 Å². The number of esters is 2. The van der Waals surface area contributed by atoms with E-state index in [0.29, 0.717) is 48.2 Å². The van der Waals surface area contributed by atoms with Crippen LogP contribution < -0.4 is 10.0 Å². The van der Waals surface area contributed by atoms with Gasteiger partial charge in [0.2, 0.25) is 11.4 Å². The van der Waals surface area contributed by atoms with Crippen LogP contribution in [0, 0.1) is 27.7 Å². The first-order valence-electron chi connectivity index (χ1n) is 19.1. The molecule has 0 fully saturated rings. The van der Waals surface area contributed by atoms with Gasteiger partial charge >= 0.3 is 11.9 Å². The zero-order valence-electron chi connectivity index (χ0n) is 33.8. The summed E-state index contributed by atoms with van der Waals surface area (Å²) in [5.41, 5.74) is 10.0. The highest BCUT2D eigenvalue weighted by atomic mass is 16.5. The number of hydrogen-bond donors (Lipinski definition) is 0. The number of rotatable bonds is 14. The number of ether oxygens (including phenoxy) is 2. The first kappa shape index (κ1) is 41.1. The number of carbonyl (C=O) groups is 3. The van der Waals surface area contributed by atoms with Crippen LogP contribution in [0.25, 0.3) is 5.57 Å². The van der Waals surface area contributed by atoms with Crippen LogP contribution in [-0.2, 0) is 23.9 Å². The molecule has 0 radical (unpaired) electrons. The number of aryl methyl sites for hydroxylation is 4. The molecular weight excluding hydrogens is 701 g/mol. The minimum Gasteiger partial charge on any atom is -0.871 e. The molecule has 2 aliphatic rings. The highest BCUT2D eigenvalue weighted by molar-refractivity contribution is 6.39. The fourth-order valence-electron chi connectivity index (χ4n) is 6.85. The molecule has 8 nitrogen and oxygen atoms in total. The number of carbonyl (C=O) groups excluding carboxylic acids is 3. The van der Waals surface area contributed by atoms with Crippen molar-refractivity contribution >= 4 is 46.1 Å². The summed E-state index contributed by atoms with van der Waals surface area (Å²) in [6.07, 6.45) is 7.79. The Kier molecular flexibility index (Phi) is 13.0. The van der Waals surface area contributed by atoms with Gasteiger partial charge in [0.1, 0.15) is 6.10 Å². The zero-order chi connectivity index (χ0) is 40.8. The average Bonchev–Trinajstić information content (AvgIpc) is 3.16. The lowest BCUT2D eigenvalue weighted by molar-refractivity contribution is -0.451. The van der Waals surface area contributed by atoms with E-state index in [0.717, 1.165) is 45.0 Å². The minimum absolute atomic E-state index is 0.150. The van der Waals surface area contributed by atoms with E-state index in [4.69, 9.17) is 9.47 Å². The summed E-state index contributed by atoms with van der Waals surface area (Å²) < 4.78 is 13.6. The Bertz CT molecular complexity index is 2230. The van der Waals surface area contributed by atoms with Gasteiger partial charge in [-0.25, -0.2) is 9.59 Å². The number of allylic oxidation sites excluding steroid dienone is 7. The average molecular weight is 753 g/mol. The van der Waals surface area contributed by atoms with E-state index in [1.165, 1.54) is 0 Å². The van der Waals surface area contributed by atoms with Crippen LogP contribution in [0.15, 0.2) is 126 Å². The third kappa shape index (κ3) is 9.08. The maximum Gasteiger partial charge on any atom is 0.333 e. The van der Waals surface area contributed by atoms with E-state index in [1.807, 2.05) is 90.1 Å². The molecule has 0 saturated carbocycles. The third-order valence-corrected chi connectivity index (χ3v) is 10.1. The van der Waals surface area contributed by atoms with Gasteiger partial charge in [0.05, 0.1) is 6.54 Å². The number of benzene rings is 3. The SMILES string of the molecule is C=C(C)C(=O)OC(CC)CN(c1ccc(C2=C([O-])C(=C3C=CC(=[N+](CC(CC)OC(=O)C(=C)C)c4ccc(C)cc4C)C=C3)C2=O)cc1)c1ccc(C)cc1C. The van der Waals surface area contributed by atoms with Gasteiger partial charge in [-0.15, -0.1) is 0 Å². The predicted molar refractivity (Wildman–Crippen MR) is 222 cm³/mol. The first-order chi connectivity index (χ1) is 26.6. The molecule has 0 spiro atoms. The minimum atomic E-state index is -0.432. The topological polar surface area (TPSA) is 99.0 Å². The molecule has 5 rings (SSSR count). The molecule has 56 heavy (non-hydrogen) atoms. The monoisotopic (exact) mass is 752 g/mol. The fraction of sp³-hybridized carbons (Fsp3) is 0.292. The van der Waals surface area contributed by atoms with E-state index >= 15 is 0 Å². The van der Waals surface area contributed by atoms with Crippen molar-refractivity contribution in [3.05, 3.63) is 154 Å². The van der Waals surface area contributed by atoms with Crippen LogP contribution in [0.1, 0.15) is 68.4 Å². The summed E-state index contributed by atoms with van der Waals surface area (Å²) in [6, 6.07) is 19.8. The highest BCUT2D eigenvalue weighted by Gasteiger charge is 2.32. The number of hydrogen-bond acceptors (Lipinski definition) is 7. The number of Topliss-reactive ketones (excluding diaryl/α,β-unsaturated/α-hetero) is 1. The highest BCUT2D eigenvalue weighted by Crippen LogP contribution is 2.39. The van der Waals surface area contributed by atoms with E-state index in [1.54, 1.807) is 38.1 Å². The van der Waals surface area contributed by atoms with Crippen molar-refractivity contribution in [3.8, 4) is 0 Å². The number of nitrogens with zero attached hydrogens (tertiary/aromatic N) is 2. The standard InChI is InChI=1S/C48H52N2O6/c1-11-39(55-47(53)29(3)4)27-49(41-23-13-31(7)25-33(41)9)37-19-15-35(16-20-37)43-45(51)44(46(43)52)36-17-21-38(22-18-36)50(42-24-14-32(8)26-34(42)10)28-40(12-2)56-48(54)30(5)6/h13-26,39-40H,3,5,11-12,27-28H2,1-2,4,6-10H3. The largest absolute Gasteiger partial charge is 0.871 e. The van der Waals surface area contributed by atoms with Crippen LogP contribution in [0.2, 0.25) is 0 Å². The molecule has 8 heteroatoms. The van der Waals surface area contributed by atoms with Crippen molar-refractivity contribution in [1.82, 2.24) is 0 Å². The normalized spacial score (nSPS) is 14.6. The maximum atomic E-state index is 13.7. The molecule has 0 aliphatic heterocycles. The lowest BCUT2D eigenvalue weighted by Crippen LogP contribution is -2.33. The van der Waals surface area contributed by atoms with Gasteiger partial charge < -0.3 is 19.5 Å². The van der Waals surface area contributed by atoms with Crippen LogP contribution in [0.4, 0.5) is 17.1 Å². The van der Waals surface area contributed by atoms with E-state index in [9.17, 15) is 19.5 Å². The smallest absolute Gasteiger partial charge is 0.333 e. The summed E-state index contributed by atoms with van der Waals surface area (Å²) in [4.78, 5) is 40.6. The van der Waals surface area contributed by atoms with Crippen molar-refractivity contribution < 1.29 is 33.5 Å². The van der Waals surface area contributed by atoms with E-state index < -0.39 is 24.1 Å². The Balaban J connectivity index is 1.45. The quantitative estimate of drug-likeness (QED) is 0.0923. The molecule has 0 amide bonds. The molecule has 0 heterocycles. The van der Waals surface area contributed by atoms with Gasteiger partial charge in [-0.2, -0.15) is 4.58 Å². The van der Waals surface area contributed by atoms with Crippen molar-refractivity contribution in [3.63, 3.8) is 0 Å². The molecule has 0 N–H and O–H groups in total. The lowest BCUT2D eigenvalue weighted by Gasteiger charge is -2.33. The summed E-state index contributed by atoms with van der Waals surface area (Å²) in [5, 5.41) is 13.7. The summed E-state index contributed by atoms with van der Waals surface area (Å²) in [7, 11) is 0. The van der Waals surface area contributed by atoms with Crippen LogP contribution >= 0.6 is 0 Å². The molecule has 290 valence electrons. The van der Waals surface area contributed by atoms with Crippen LogP contribution in [0.3, 0.4) is 0 Å². The van der Waals surface area contributed by atoms with Crippen LogP contribution in [0.5, 0.6) is 0 Å². The van der Waals surface area contributed by atoms with Gasteiger partial charge in [-0.1, -0.05) is 74.2 Å². The first-order valence-corrected chi connectivity index (χ1v) is 19.1. The summed E-state index contributed by atoms with van der Waals surface area (Å²) in [6.45, 7) is 23.6. The van der Waals surface area contributed by atoms with Gasteiger partial charge in [-0.05, 0) is 108 Å². The Morgan fingerprint density at radius 1 is 0.750 bits per heavy atom. The Morgan fingerprint density at radius 2 is 1.30 bits per heavy atom. The summed E-state index contributed by atoms with van der Waals surface area (Å²) >= 11 is 0. The molecule has 0 bridgehead atoms. The van der Waals surface area contributed by atoms with Crippen molar-refractivity contribution in [2.75, 3.05) is 18.0 Å². The molecule has 2 unspecified atom stereocenters. The van der Waals surface area contributed by atoms with Crippen molar-refractivity contribution in [2.24, 2.45) is 0 Å². The van der Waals surface area contributed by atoms with E-state index in [2.05, 4.69) is 34.8 Å². The second kappa shape index (κ2) is 17.6. The predicted octanol–water partition coefficient (Wildman–Crippen LogP) is 8.72. The van der Waals surface area contributed by atoms with Crippen molar-refractivity contribution in [2.45, 2.75) is 80.4 Å². The summed E-state index contributed by atoms with van der Waals surface area (Å²) in [5.74, 6) is -1.47. The third-order valence-electron chi connectivity index (χ3n) is 10.1. The zero-order valence-corrected chi connectivity index (χ0v) is 33.8. The van der Waals surface area contributed by atoms with Crippen molar-refractivity contribution in [1.29, 1.82) is 0 Å². The molecule has 2 aliphatic carbocycles. The Hall–Kier alpha value is -6.02. The maximum absolute atomic E-state index is 13.7. The molecule has 0 saturated heterocycles. The van der Waals surface area contributed by atoms with Crippen LogP contribution in [-0.4, -0.2) is 53.3 Å². The molecule has 2 atom stereocenters. The van der Waals surface area contributed by atoms with Gasteiger partial charge in [0.15, 0.2) is 18.4 Å². The van der Waals surface area contributed by atoms with Gasteiger partial charge in [-0.3, -0.25) is 4.79 Å². The Morgan fingerprint density at radius 3 is 1.82 bits per heavy atom. The number of ketones is 1. The molecular formula is C48H52N2O6. The fourth-order valence-corrected chi connectivity index (χ4v) is 6.85. The number of anilines is 2. The van der Waals surface area contributed by atoms with E-state index in [-0.39, 0.29) is 22.7 Å². The lowest BCUT2D eigenvalue weighted by atomic mass is 9.80.